The Labute approximate surface area is 212 Å². The van der Waals surface area contributed by atoms with Crippen LogP contribution < -0.4 is 15.0 Å². The maximum Gasteiger partial charge on any atom is 0.260 e. The summed E-state index contributed by atoms with van der Waals surface area (Å²) in [7, 11) is 1.74. The number of hydrogen-bond donors (Lipinski definition) is 0. The second-order valence-electron chi connectivity index (χ2n) is 8.88. The van der Waals surface area contributed by atoms with E-state index in [1.807, 2.05) is 60.7 Å². The van der Waals surface area contributed by atoms with Crippen LogP contribution in [0.4, 0.5) is 0 Å². The molecule has 3 aromatic carbocycles. The van der Waals surface area contributed by atoms with Gasteiger partial charge in [-0.15, -0.1) is 0 Å². The van der Waals surface area contributed by atoms with Crippen molar-refractivity contribution in [2.75, 3.05) is 6.79 Å². The van der Waals surface area contributed by atoms with Crippen molar-refractivity contribution in [2.24, 2.45) is 12.1 Å². The lowest BCUT2D eigenvalue weighted by molar-refractivity contribution is -0.130. The number of hydrazone groups is 1. The molecule has 36 heavy (non-hydrogen) atoms. The molecular weight excluding hydrogens is 478 g/mol. The van der Waals surface area contributed by atoms with Crippen LogP contribution in [0.25, 0.3) is 22.0 Å². The van der Waals surface area contributed by atoms with Crippen LogP contribution in [0.5, 0.6) is 11.5 Å². The van der Waals surface area contributed by atoms with Gasteiger partial charge in [0, 0.05) is 36.4 Å². The maximum atomic E-state index is 13.8. The Balaban J connectivity index is 1.57. The first-order chi connectivity index (χ1) is 17.4. The Morgan fingerprint density at radius 1 is 1.00 bits per heavy atom. The fourth-order valence-electron chi connectivity index (χ4n) is 5.02. The highest BCUT2D eigenvalue weighted by Gasteiger charge is 2.35. The van der Waals surface area contributed by atoms with E-state index in [-0.39, 0.29) is 24.3 Å². The van der Waals surface area contributed by atoms with Crippen molar-refractivity contribution in [1.82, 2.24) is 9.58 Å². The maximum absolute atomic E-state index is 13.8. The number of aryl methyl sites for hydroxylation is 1. The van der Waals surface area contributed by atoms with Crippen molar-refractivity contribution in [2.45, 2.75) is 19.4 Å². The van der Waals surface area contributed by atoms with Crippen LogP contribution in [-0.2, 0) is 11.8 Å². The molecule has 0 fully saturated rings. The Morgan fingerprint density at radius 2 is 1.78 bits per heavy atom. The van der Waals surface area contributed by atoms with Gasteiger partial charge in [-0.3, -0.25) is 9.59 Å². The minimum absolute atomic E-state index is 0.164. The average Bonchev–Trinajstić information content (AvgIpc) is 3.53. The highest BCUT2D eigenvalue weighted by molar-refractivity contribution is 6.31. The predicted molar refractivity (Wildman–Crippen MR) is 139 cm³/mol. The van der Waals surface area contributed by atoms with Gasteiger partial charge >= 0.3 is 0 Å². The van der Waals surface area contributed by atoms with Gasteiger partial charge in [-0.25, -0.2) is 5.01 Å². The van der Waals surface area contributed by atoms with Gasteiger partial charge < -0.3 is 14.0 Å². The van der Waals surface area contributed by atoms with Crippen molar-refractivity contribution in [3.8, 4) is 22.6 Å². The first-order valence-corrected chi connectivity index (χ1v) is 11.9. The number of ether oxygens (including phenoxy) is 2. The van der Waals surface area contributed by atoms with Crippen LogP contribution in [-0.4, -0.2) is 28.0 Å². The highest BCUT2D eigenvalue weighted by atomic mass is 35.5. The lowest BCUT2D eigenvalue weighted by atomic mass is 9.90. The van der Waals surface area contributed by atoms with E-state index in [2.05, 4.69) is 0 Å². The Hall–Kier alpha value is -4.10. The van der Waals surface area contributed by atoms with Gasteiger partial charge in [0.15, 0.2) is 11.5 Å². The third-order valence-corrected chi connectivity index (χ3v) is 6.96. The number of halogens is 1. The van der Waals surface area contributed by atoms with E-state index in [0.717, 1.165) is 27.6 Å². The number of hydrogen-bond acceptors (Lipinski definition) is 5. The van der Waals surface area contributed by atoms with Gasteiger partial charge in [0.2, 0.25) is 12.7 Å². The van der Waals surface area contributed by atoms with E-state index < -0.39 is 0 Å². The molecule has 6 rings (SSSR count). The van der Waals surface area contributed by atoms with Gasteiger partial charge in [0.05, 0.1) is 22.8 Å². The summed E-state index contributed by atoms with van der Waals surface area (Å²) in [5.41, 5.74) is 4.08. The topological polar surface area (TPSA) is 73.1 Å². The third-order valence-electron chi connectivity index (χ3n) is 6.72. The van der Waals surface area contributed by atoms with Crippen molar-refractivity contribution < 1.29 is 14.3 Å². The Kier molecular flexibility index (Phi) is 5.30. The molecule has 2 aliphatic heterocycles. The largest absolute Gasteiger partial charge is 0.454 e. The van der Waals surface area contributed by atoms with Crippen molar-refractivity contribution in [3.63, 3.8) is 0 Å². The number of pyridine rings is 1. The van der Waals surface area contributed by atoms with Crippen molar-refractivity contribution in [1.29, 1.82) is 0 Å². The van der Waals surface area contributed by atoms with Crippen LogP contribution >= 0.6 is 11.6 Å². The molecule has 0 saturated heterocycles. The van der Waals surface area contributed by atoms with Gasteiger partial charge in [-0.05, 0) is 41.5 Å². The monoisotopic (exact) mass is 499 g/mol. The highest BCUT2D eigenvalue weighted by Crippen LogP contribution is 2.41. The molecule has 1 atom stereocenters. The number of amides is 1. The van der Waals surface area contributed by atoms with Crippen LogP contribution in [0.3, 0.4) is 0 Å². The molecule has 3 heterocycles. The minimum atomic E-state index is -0.379. The molecule has 1 amide bonds. The SMILES string of the molecule is CC(=O)N1N=C(c2c(-c3ccccc3)c3cc(Cl)ccc3n(C)c2=O)CC1c1ccc2c(c1)OCO2. The molecule has 0 aliphatic carbocycles. The molecule has 0 bridgehead atoms. The smallest absolute Gasteiger partial charge is 0.260 e. The number of aromatic nitrogens is 1. The molecule has 0 saturated carbocycles. The molecule has 4 aromatic rings. The molecule has 1 aromatic heterocycles. The molecule has 180 valence electrons. The molecular formula is C28H22ClN3O4. The molecule has 8 heteroatoms. The summed E-state index contributed by atoms with van der Waals surface area (Å²) in [6, 6.07) is 20.5. The second kappa shape index (κ2) is 8.53. The molecule has 1 unspecified atom stereocenters. The number of nitrogens with zero attached hydrogens (tertiary/aromatic N) is 3. The van der Waals surface area contributed by atoms with E-state index in [1.54, 1.807) is 17.7 Å². The van der Waals surface area contributed by atoms with E-state index in [9.17, 15) is 9.59 Å². The summed E-state index contributed by atoms with van der Waals surface area (Å²) < 4.78 is 12.6. The number of carbonyl (C=O) groups excluding carboxylic acids is 1. The first kappa shape index (κ1) is 22.4. The van der Waals surface area contributed by atoms with Gasteiger partial charge in [-0.1, -0.05) is 48.0 Å². The second-order valence-corrected chi connectivity index (χ2v) is 9.32. The summed E-state index contributed by atoms with van der Waals surface area (Å²) >= 11 is 6.40. The standard InChI is InChI=1S/C28H22ClN3O4/c1-16(33)32-23(18-8-11-24-25(12-18)36-15-35-24)14-21(30-32)27-26(17-6-4-3-5-7-17)20-13-19(29)9-10-22(20)31(2)28(27)34/h3-13,23H,14-15H2,1-2H3. The lowest BCUT2D eigenvalue weighted by Crippen LogP contribution is -2.26. The first-order valence-electron chi connectivity index (χ1n) is 11.6. The van der Waals surface area contributed by atoms with Crippen LogP contribution in [0.15, 0.2) is 76.6 Å². The summed E-state index contributed by atoms with van der Waals surface area (Å²) in [6.07, 6.45) is 0.375. The van der Waals surface area contributed by atoms with Crippen LogP contribution in [0, 0.1) is 0 Å². The predicted octanol–water partition coefficient (Wildman–Crippen LogP) is 5.29. The number of rotatable bonds is 3. The zero-order valence-electron chi connectivity index (χ0n) is 19.7. The fourth-order valence-corrected chi connectivity index (χ4v) is 5.20. The normalized spacial score (nSPS) is 16.5. The van der Waals surface area contributed by atoms with Crippen LogP contribution in [0.2, 0.25) is 5.02 Å². The zero-order chi connectivity index (χ0) is 25.0. The zero-order valence-corrected chi connectivity index (χ0v) is 20.5. The Morgan fingerprint density at radius 3 is 2.56 bits per heavy atom. The Bertz CT molecular complexity index is 1630. The molecule has 2 aliphatic rings. The number of carbonyl (C=O) groups is 1. The van der Waals surface area contributed by atoms with Gasteiger partial charge in [0.25, 0.3) is 5.56 Å². The molecule has 0 radical (unpaired) electrons. The minimum Gasteiger partial charge on any atom is -0.454 e. The quantitative estimate of drug-likeness (QED) is 0.384. The van der Waals surface area contributed by atoms with E-state index in [1.165, 1.54) is 11.9 Å². The van der Waals surface area contributed by atoms with E-state index in [0.29, 0.717) is 34.2 Å². The fraction of sp³-hybridized carbons (Fsp3) is 0.179. The molecule has 0 N–H and O–H groups in total. The number of benzene rings is 3. The van der Waals surface area contributed by atoms with Crippen LogP contribution in [0.1, 0.15) is 30.5 Å². The summed E-state index contributed by atoms with van der Waals surface area (Å²) in [5.74, 6) is 1.08. The third kappa shape index (κ3) is 3.55. The summed E-state index contributed by atoms with van der Waals surface area (Å²) in [4.78, 5) is 26.5. The summed E-state index contributed by atoms with van der Waals surface area (Å²) in [6.45, 7) is 1.64. The lowest BCUT2D eigenvalue weighted by Gasteiger charge is -2.20. The molecule has 0 spiro atoms. The van der Waals surface area contributed by atoms with Gasteiger partial charge in [0.1, 0.15) is 0 Å². The summed E-state index contributed by atoms with van der Waals surface area (Å²) in [5, 5.41) is 7.57. The van der Waals surface area contributed by atoms with E-state index in [4.69, 9.17) is 26.2 Å². The van der Waals surface area contributed by atoms with Crippen molar-refractivity contribution in [3.05, 3.63) is 93.2 Å². The average molecular weight is 500 g/mol. The van der Waals surface area contributed by atoms with Gasteiger partial charge in [-0.2, -0.15) is 5.10 Å². The number of fused-ring (bicyclic) bond motifs is 2. The molecule has 7 nitrogen and oxygen atoms in total. The van der Waals surface area contributed by atoms with Crippen molar-refractivity contribution >= 4 is 34.1 Å². The van der Waals surface area contributed by atoms with E-state index >= 15 is 0 Å².